The Morgan fingerprint density at radius 1 is 1.05 bits per heavy atom. The molecule has 1 saturated heterocycles. The minimum Gasteiger partial charge on any atom is -0.224 e. The van der Waals surface area contributed by atoms with Crippen LogP contribution in [0.1, 0.15) is 19.8 Å². The van der Waals surface area contributed by atoms with Gasteiger partial charge in [-0.05, 0) is 43.0 Å². The van der Waals surface area contributed by atoms with Crippen LogP contribution in [0.15, 0.2) is 34.1 Å². The van der Waals surface area contributed by atoms with Gasteiger partial charge in [0.15, 0.2) is 9.84 Å². The third-order valence-corrected chi connectivity index (χ3v) is 6.52. The summed E-state index contributed by atoms with van der Waals surface area (Å²) < 4.78 is 49.2. The van der Waals surface area contributed by atoms with Gasteiger partial charge < -0.3 is 0 Å². The van der Waals surface area contributed by atoms with Crippen LogP contribution in [0.25, 0.3) is 0 Å². The largest absolute Gasteiger partial charge is 0.243 e. The van der Waals surface area contributed by atoms with Gasteiger partial charge in [-0.2, -0.15) is 4.31 Å². The second-order valence-corrected chi connectivity index (χ2v) is 9.31. The Morgan fingerprint density at radius 2 is 1.60 bits per heavy atom. The maximum atomic E-state index is 12.5. The molecule has 1 heterocycles. The Kier molecular flexibility index (Phi) is 4.22. The maximum Gasteiger partial charge on any atom is 0.243 e. The highest BCUT2D eigenvalue weighted by molar-refractivity contribution is 7.90. The summed E-state index contributed by atoms with van der Waals surface area (Å²) in [6, 6.07) is 5.42. The number of sulfone groups is 1. The molecule has 0 radical (unpaired) electrons. The van der Waals surface area contributed by atoms with Crippen LogP contribution in [0.4, 0.5) is 0 Å². The van der Waals surface area contributed by atoms with E-state index in [0.29, 0.717) is 19.0 Å². The monoisotopic (exact) mass is 317 g/mol. The molecule has 20 heavy (non-hydrogen) atoms. The summed E-state index contributed by atoms with van der Waals surface area (Å²) in [5.41, 5.74) is 0. The van der Waals surface area contributed by atoms with Crippen LogP contribution in [-0.2, 0) is 19.9 Å². The van der Waals surface area contributed by atoms with Crippen LogP contribution in [0, 0.1) is 5.92 Å². The summed E-state index contributed by atoms with van der Waals surface area (Å²) in [7, 11) is -6.83. The Labute approximate surface area is 120 Å². The Morgan fingerprint density at radius 3 is 2.10 bits per heavy atom. The summed E-state index contributed by atoms with van der Waals surface area (Å²) in [4.78, 5) is 0.280. The fourth-order valence-corrected chi connectivity index (χ4v) is 4.60. The zero-order valence-corrected chi connectivity index (χ0v) is 13.2. The smallest absolute Gasteiger partial charge is 0.224 e. The first-order chi connectivity index (χ1) is 9.21. The minimum absolute atomic E-state index is 0.128. The van der Waals surface area contributed by atoms with Crippen LogP contribution in [0.2, 0.25) is 0 Å². The predicted molar refractivity (Wildman–Crippen MR) is 76.7 cm³/mol. The van der Waals surface area contributed by atoms with E-state index in [9.17, 15) is 16.8 Å². The lowest BCUT2D eigenvalue weighted by atomic mass is 10.0. The molecule has 0 N–H and O–H groups in total. The van der Waals surface area contributed by atoms with Crippen LogP contribution in [0.3, 0.4) is 0 Å². The molecule has 1 atom stereocenters. The molecule has 0 aliphatic carbocycles. The first-order valence-corrected chi connectivity index (χ1v) is 9.84. The molecular formula is C13H19NO4S2. The molecule has 1 aromatic carbocycles. The lowest BCUT2D eigenvalue weighted by molar-refractivity contribution is 0.281. The molecule has 112 valence electrons. The Hall–Kier alpha value is -0.920. The zero-order valence-electron chi connectivity index (χ0n) is 11.6. The standard InChI is InChI=1S/C13H19NO4S2/c1-11-4-3-9-14(10-11)20(17,18)13-7-5-12(6-8-13)19(2,15)16/h5-8,11H,3-4,9-10H2,1-2H3. The molecular weight excluding hydrogens is 298 g/mol. The van der Waals surface area contributed by atoms with Crippen molar-refractivity contribution in [2.45, 2.75) is 29.6 Å². The van der Waals surface area contributed by atoms with Gasteiger partial charge in [-0.1, -0.05) is 6.92 Å². The second kappa shape index (κ2) is 5.46. The van der Waals surface area contributed by atoms with Crippen molar-refractivity contribution >= 4 is 19.9 Å². The molecule has 0 saturated carbocycles. The molecule has 5 nitrogen and oxygen atoms in total. The van der Waals surface area contributed by atoms with Crippen molar-refractivity contribution in [3.63, 3.8) is 0 Å². The minimum atomic E-state index is -3.52. The Balaban J connectivity index is 2.30. The van der Waals surface area contributed by atoms with Crippen LogP contribution < -0.4 is 0 Å². The maximum absolute atomic E-state index is 12.5. The summed E-state index contributed by atoms with van der Waals surface area (Å²) >= 11 is 0. The van der Waals surface area contributed by atoms with Gasteiger partial charge in [-0.25, -0.2) is 16.8 Å². The van der Waals surface area contributed by atoms with Crippen molar-refractivity contribution in [2.24, 2.45) is 5.92 Å². The molecule has 2 rings (SSSR count). The van der Waals surface area contributed by atoms with Gasteiger partial charge in [0.2, 0.25) is 10.0 Å². The number of benzene rings is 1. The molecule has 7 heteroatoms. The van der Waals surface area contributed by atoms with Gasteiger partial charge in [0.25, 0.3) is 0 Å². The number of hydrogen-bond acceptors (Lipinski definition) is 4. The molecule has 0 aromatic heterocycles. The van der Waals surface area contributed by atoms with Crippen molar-refractivity contribution in [1.82, 2.24) is 4.31 Å². The van der Waals surface area contributed by atoms with Gasteiger partial charge in [0.1, 0.15) is 0 Å². The van der Waals surface area contributed by atoms with Crippen molar-refractivity contribution in [1.29, 1.82) is 0 Å². The van der Waals surface area contributed by atoms with E-state index in [1.807, 2.05) is 6.92 Å². The van der Waals surface area contributed by atoms with Gasteiger partial charge in [-0.15, -0.1) is 0 Å². The molecule has 1 fully saturated rings. The summed E-state index contributed by atoms with van der Waals surface area (Å²) in [5.74, 6) is 0.355. The predicted octanol–water partition coefficient (Wildman–Crippen LogP) is 1.51. The number of piperidine rings is 1. The van der Waals surface area contributed by atoms with Crippen LogP contribution >= 0.6 is 0 Å². The van der Waals surface area contributed by atoms with E-state index in [4.69, 9.17) is 0 Å². The van der Waals surface area contributed by atoms with E-state index >= 15 is 0 Å². The number of rotatable bonds is 3. The third-order valence-electron chi connectivity index (χ3n) is 3.51. The van der Waals surface area contributed by atoms with Gasteiger partial charge >= 0.3 is 0 Å². The number of sulfonamides is 1. The fraction of sp³-hybridized carbons (Fsp3) is 0.538. The third kappa shape index (κ3) is 3.21. The average Bonchev–Trinajstić information content (AvgIpc) is 2.38. The lowest BCUT2D eigenvalue weighted by Crippen LogP contribution is -2.39. The summed E-state index contributed by atoms with van der Waals surface area (Å²) in [6.07, 6.45) is 3.00. The van der Waals surface area contributed by atoms with Gasteiger partial charge in [0, 0.05) is 19.3 Å². The van der Waals surface area contributed by atoms with E-state index < -0.39 is 19.9 Å². The van der Waals surface area contributed by atoms with E-state index in [-0.39, 0.29) is 9.79 Å². The summed E-state index contributed by atoms with van der Waals surface area (Å²) in [6.45, 7) is 3.09. The molecule has 1 unspecified atom stereocenters. The van der Waals surface area contributed by atoms with E-state index in [1.165, 1.54) is 28.6 Å². The lowest BCUT2D eigenvalue weighted by Gasteiger charge is -2.30. The molecule has 0 amide bonds. The fourth-order valence-electron chi connectivity index (χ4n) is 2.37. The quantitative estimate of drug-likeness (QED) is 0.847. The molecule has 1 aliphatic heterocycles. The van der Waals surface area contributed by atoms with Crippen molar-refractivity contribution < 1.29 is 16.8 Å². The first kappa shape index (κ1) is 15.5. The van der Waals surface area contributed by atoms with Gasteiger partial charge in [-0.3, -0.25) is 0 Å². The highest BCUT2D eigenvalue weighted by Gasteiger charge is 2.28. The first-order valence-electron chi connectivity index (χ1n) is 6.51. The number of nitrogens with zero attached hydrogens (tertiary/aromatic N) is 1. The molecule has 1 aromatic rings. The number of hydrogen-bond donors (Lipinski definition) is 0. The van der Waals surface area contributed by atoms with Crippen molar-refractivity contribution in [3.05, 3.63) is 24.3 Å². The Bertz CT molecular complexity index is 678. The molecule has 0 spiro atoms. The van der Waals surface area contributed by atoms with Gasteiger partial charge in [0.05, 0.1) is 9.79 Å². The topological polar surface area (TPSA) is 71.5 Å². The summed E-state index contributed by atoms with van der Waals surface area (Å²) in [5, 5.41) is 0. The SMILES string of the molecule is CC1CCCN(S(=O)(=O)c2ccc(S(C)(=O)=O)cc2)C1. The molecule has 1 aliphatic rings. The zero-order chi connectivity index (χ0) is 15.0. The van der Waals surface area contributed by atoms with E-state index in [0.717, 1.165) is 19.1 Å². The van der Waals surface area contributed by atoms with Crippen LogP contribution in [-0.4, -0.2) is 40.5 Å². The second-order valence-electron chi connectivity index (χ2n) is 5.35. The van der Waals surface area contributed by atoms with Crippen molar-refractivity contribution in [3.8, 4) is 0 Å². The normalized spacial score (nSPS) is 21.8. The van der Waals surface area contributed by atoms with Crippen LogP contribution in [0.5, 0.6) is 0 Å². The van der Waals surface area contributed by atoms with E-state index in [2.05, 4.69) is 0 Å². The highest BCUT2D eigenvalue weighted by Crippen LogP contribution is 2.24. The van der Waals surface area contributed by atoms with Crippen molar-refractivity contribution in [2.75, 3.05) is 19.3 Å². The van der Waals surface area contributed by atoms with E-state index in [1.54, 1.807) is 0 Å². The molecule has 0 bridgehead atoms. The average molecular weight is 317 g/mol. The highest BCUT2D eigenvalue weighted by atomic mass is 32.2.